The van der Waals surface area contributed by atoms with Gasteiger partial charge in [0.25, 0.3) is 0 Å². The molecule has 0 aromatic heterocycles. The summed E-state index contributed by atoms with van der Waals surface area (Å²) in [5, 5.41) is 3.50. The number of aryl methyl sites for hydroxylation is 1. The minimum Gasteiger partial charge on any atom is -0.377 e. The van der Waals surface area contributed by atoms with E-state index in [9.17, 15) is 0 Å². The highest BCUT2D eigenvalue weighted by Crippen LogP contribution is 2.22. The minimum absolute atomic E-state index is 0.200. The van der Waals surface area contributed by atoms with Crippen LogP contribution < -0.4 is 5.32 Å². The summed E-state index contributed by atoms with van der Waals surface area (Å²) in [6.45, 7) is 10.2. The molecule has 1 rings (SSSR count). The Labute approximate surface area is 99.0 Å². The third kappa shape index (κ3) is 3.32. The number of hydrogen-bond acceptors (Lipinski definition) is 2. The third-order valence-corrected chi connectivity index (χ3v) is 2.85. The van der Waals surface area contributed by atoms with Crippen LogP contribution in [0.1, 0.15) is 37.9 Å². The molecule has 2 nitrogen and oxygen atoms in total. The van der Waals surface area contributed by atoms with Gasteiger partial charge in [0.1, 0.15) is 0 Å². The fourth-order valence-electron chi connectivity index (χ4n) is 2.04. The highest BCUT2D eigenvalue weighted by molar-refractivity contribution is 5.29. The zero-order valence-electron chi connectivity index (χ0n) is 10.8. The summed E-state index contributed by atoms with van der Waals surface area (Å²) in [4.78, 5) is 0. The average molecular weight is 221 g/mol. The van der Waals surface area contributed by atoms with E-state index in [1.165, 1.54) is 11.1 Å². The lowest BCUT2D eigenvalue weighted by molar-refractivity contribution is 0.0475. The normalized spacial score (nSPS) is 14.8. The molecule has 2 atom stereocenters. The van der Waals surface area contributed by atoms with Crippen molar-refractivity contribution in [3.05, 3.63) is 35.4 Å². The molecule has 0 radical (unpaired) electrons. The van der Waals surface area contributed by atoms with E-state index in [2.05, 4.69) is 50.4 Å². The van der Waals surface area contributed by atoms with Crippen molar-refractivity contribution in [1.82, 2.24) is 5.32 Å². The summed E-state index contributed by atoms with van der Waals surface area (Å²) in [5.41, 5.74) is 2.66. The molecule has 0 aliphatic rings. The van der Waals surface area contributed by atoms with Crippen molar-refractivity contribution in [3.63, 3.8) is 0 Å². The van der Waals surface area contributed by atoms with Crippen LogP contribution in [0, 0.1) is 6.92 Å². The van der Waals surface area contributed by atoms with E-state index in [1.807, 2.05) is 6.92 Å². The second-order valence-electron chi connectivity index (χ2n) is 4.05. The lowest BCUT2D eigenvalue weighted by Gasteiger charge is -2.26. The van der Waals surface area contributed by atoms with Gasteiger partial charge in [0.15, 0.2) is 0 Å². The summed E-state index contributed by atoms with van der Waals surface area (Å²) in [5.74, 6) is 0. The Hall–Kier alpha value is -0.860. The first-order chi connectivity index (χ1) is 7.70. The molecule has 16 heavy (non-hydrogen) atoms. The van der Waals surface area contributed by atoms with Crippen molar-refractivity contribution in [1.29, 1.82) is 0 Å². The van der Waals surface area contributed by atoms with Gasteiger partial charge in [0.05, 0.1) is 12.1 Å². The van der Waals surface area contributed by atoms with Gasteiger partial charge in [-0.15, -0.1) is 0 Å². The molecular formula is C14H23NO. The van der Waals surface area contributed by atoms with Crippen molar-refractivity contribution >= 4 is 0 Å². The van der Waals surface area contributed by atoms with E-state index in [1.54, 1.807) is 0 Å². The smallest absolute Gasteiger partial charge is 0.0741 e. The fourth-order valence-corrected chi connectivity index (χ4v) is 2.04. The molecule has 1 aromatic carbocycles. The lowest BCUT2D eigenvalue weighted by atomic mass is 9.97. The third-order valence-electron chi connectivity index (χ3n) is 2.85. The summed E-state index contributed by atoms with van der Waals surface area (Å²) in [6.07, 6.45) is 0.200. The van der Waals surface area contributed by atoms with Gasteiger partial charge < -0.3 is 10.1 Å². The Bertz CT molecular complexity index is 311. The van der Waals surface area contributed by atoms with Gasteiger partial charge in [-0.25, -0.2) is 0 Å². The fraction of sp³-hybridized carbons (Fsp3) is 0.571. The highest BCUT2D eigenvalue weighted by atomic mass is 16.5. The molecule has 2 heteroatoms. The predicted octanol–water partition coefficient (Wildman–Crippen LogP) is 3.07. The first kappa shape index (κ1) is 13.2. The Morgan fingerprint density at radius 1 is 1.25 bits per heavy atom. The van der Waals surface area contributed by atoms with Crippen LogP contribution in [0.25, 0.3) is 0 Å². The number of rotatable bonds is 6. The molecular weight excluding hydrogens is 198 g/mol. The molecule has 90 valence electrons. The predicted molar refractivity (Wildman–Crippen MR) is 68.7 cm³/mol. The van der Waals surface area contributed by atoms with Crippen molar-refractivity contribution in [2.24, 2.45) is 0 Å². The molecule has 0 bridgehead atoms. The maximum atomic E-state index is 5.70. The summed E-state index contributed by atoms with van der Waals surface area (Å²) in [6, 6.07) is 8.78. The molecule has 0 spiro atoms. The number of benzene rings is 1. The molecule has 0 amide bonds. The van der Waals surface area contributed by atoms with E-state index in [0.29, 0.717) is 0 Å². The Kier molecular flexibility index (Phi) is 5.50. The van der Waals surface area contributed by atoms with Crippen LogP contribution in [-0.2, 0) is 4.74 Å². The SMILES string of the molecule is CCNC(c1ccccc1C)C(C)OCC. The molecule has 0 aliphatic heterocycles. The molecule has 0 fully saturated rings. The van der Waals surface area contributed by atoms with Gasteiger partial charge in [0, 0.05) is 6.61 Å². The largest absolute Gasteiger partial charge is 0.377 e. The van der Waals surface area contributed by atoms with Gasteiger partial charge in [0.2, 0.25) is 0 Å². The standard InChI is InChI=1S/C14H23NO/c1-5-15-14(12(4)16-6-2)13-10-8-7-9-11(13)3/h7-10,12,14-15H,5-6H2,1-4H3. The zero-order chi connectivity index (χ0) is 12.0. The van der Waals surface area contributed by atoms with Gasteiger partial charge in [-0.3, -0.25) is 0 Å². The number of hydrogen-bond donors (Lipinski definition) is 1. The van der Waals surface area contributed by atoms with E-state index in [0.717, 1.165) is 13.2 Å². The van der Waals surface area contributed by atoms with Crippen LogP contribution in [-0.4, -0.2) is 19.3 Å². The molecule has 1 aromatic rings. The molecule has 0 heterocycles. The average Bonchev–Trinajstić information content (AvgIpc) is 2.27. The van der Waals surface area contributed by atoms with Gasteiger partial charge >= 0.3 is 0 Å². The Morgan fingerprint density at radius 3 is 2.50 bits per heavy atom. The summed E-state index contributed by atoms with van der Waals surface area (Å²) in [7, 11) is 0. The van der Waals surface area contributed by atoms with Crippen LogP contribution in [0.4, 0.5) is 0 Å². The van der Waals surface area contributed by atoms with Gasteiger partial charge in [-0.2, -0.15) is 0 Å². The first-order valence-corrected chi connectivity index (χ1v) is 6.11. The number of nitrogens with one attached hydrogen (secondary N) is 1. The number of ether oxygens (including phenoxy) is 1. The van der Waals surface area contributed by atoms with Crippen LogP contribution in [0.5, 0.6) is 0 Å². The molecule has 0 aliphatic carbocycles. The maximum absolute atomic E-state index is 5.70. The van der Waals surface area contributed by atoms with Crippen LogP contribution in [0.15, 0.2) is 24.3 Å². The molecule has 1 N–H and O–H groups in total. The summed E-state index contributed by atoms with van der Waals surface area (Å²) >= 11 is 0. The quantitative estimate of drug-likeness (QED) is 0.797. The molecule has 0 saturated heterocycles. The second-order valence-corrected chi connectivity index (χ2v) is 4.05. The van der Waals surface area contributed by atoms with Crippen LogP contribution in [0.2, 0.25) is 0 Å². The van der Waals surface area contributed by atoms with Crippen molar-refractivity contribution in [2.45, 2.75) is 39.8 Å². The molecule has 0 saturated carbocycles. The van der Waals surface area contributed by atoms with E-state index >= 15 is 0 Å². The van der Waals surface area contributed by atoms with Crippen LogP contribution in [0.3, 0.4) is 0 Å². The first-order valence-electron chi connectivity index (χ1n) is 6.11. The van der Waals surface area contributed by atoms with Crippen molar-refractivity contribution in [3.8, 4) is 0 Å². The Morgan fingerprint density at radius 2 is 1.94 bits per heavy atom. The molecule has 2 unspecified atom stereocenters. The van der Waals surface area contributed by atoms with E-state index in [4.69, 9.17) is 4.74 Å². The highest BCUT2D eigenvalue weighted by Gasteiger charge is 2.19. The van der Waals surface area contributed by atoms with Crippen LogP contribution >= 0.6 is 0 Å². The minimum atomic E-state index is 0.200. The van der Waals surface area contributed by atoms with E-state index < -0.39 is 0 Å². The van der Waals surface area contributed by atoms with E-state index in [-0.39, 0.29) is 12.1 Å². The van der Waals surface area contributed by atoms with Crippen molar-refractivity contribution in [2.75, 3.05) is 13.2 Å². The number of likely N-dealkylation sites (N-methyl/N-ethyl adjacent to an activating group) is 1. The zero-order valence-corrected chi connectivity index (χ0v) is 10.8. The Balaban J connectivity index is 2.88. The van der Waals surface area contributed by atoms with Gasteiger partial charge in [-0.1, -0.05) is 31.2 Å². The monoisotopic (exact) mass is 221 g/mol. The summed E-state index contributed by atoms with van der Waals surface area (Å²) < 4.78 is 5.70. The second kappa shape index (κ2) is 6.66. The topological polar surface area (TPSA) is 21.3 Å². The maximum Gasteiger partial charge on any atom is 0.0741 e. The van der Waals surface area contributed by atoms with Crippen molar-refractivity contribution < 1.29 is 4.74 Å². The lowest BCUT2D eigenvalue weighted by Crippen LogP contribution is -2.32. The van der Waals surface area contributed by atoms with Gasteiger partial charge in [-0.05, 0) is 38.4 Å².